The SMILES string of the molecule is N#CC1CCN(C(=O)c2cccc3ncccc23)CC1. The van der Waals surface area contributed by atoms with Gasteiger partial charge in [0.05, 0.1) is 11.6 Å². The van der Waals surface area contributed by atoms with Crippen molar-refractivity contribution in [3.05, 3.63) is 42.1 Å². The number of piperidine rings is 1. The van der Waals surface area contributed by atoms with Crippen molar-refractivity contribution in [2.45, 2.75) is 12.8 Å². The minimum atomic E-state index is 0.0417. The maximum absolute atomic E-state index is 12.6. The highest BCUT2D eigenvalue weighted by Crippen LogP contribution is 2.22. The number of fused-ring (bicyclic) bond motifs is 1. The van der Waals surface area contributed by atoms with Gasteiger partial charge in [-0.3, -0.25) is 9.78 Å². The van der Waals surface area contributed by atoms with E-state index in [2.05, 4.69) is 11.1 Å². The summed E-state index contributed by atoms with van der Waals surface area (Å²) >= 11 is 0. The molecule has 1 saturated heterocycles. The molecule has 1 aliphatic heterocycles. The zero-order valence-electron chi connectivity index (χ0n) is 11.1. The van der Waals surface area contributed by atoms with Crippen LogP contribution in [0.5, 0.6) is 0 Å². The molecule has 20 heavy (non-hydrogen) atoms. The van der Waals surface area contributed by atoms with Gasteiger partial charge in [-0.2, -0.15) is 5.26 Å². The fraction of sp³-hybridized carbons (Fsp3) is 0.312. The molecule has 1 fully saturated rings. The Morgan fingerprint density at radius 3 is 2.80 bits per heavy atom. The highest BCUT2D eigenvalue weighted by Gasteiger charge is 2.24. The van der Waals surface area contributed by atoms with E-state index in [0.29, 0.717) is 18.7 Å². The van der Waals surface area contributed by atoms with Crippen LogP contribution in [0.1, 0.15) is 23.2 Å². The molecule has 3 rings (SSSR count). The van der Waals surface area contributed by atoms with Crippen LogP contribution in [-0.2, 0) is 0 Å². The fourth-order valence-electron chi connectivity index (χ4n) is 2.67. The van der Waals surface area contributed by atoms with Crippen molar-refractivity contribution in [3.63, 3.8) is 0 Å². The van der Waals surface area contributed by atoms with E-state index in [0.717, 1.165) is 23.7 Å². The van der Waals surface area contributed by atoms with E-state index in [-0.39, 0.29) is 11.8 Å². The van der Waals surface area contributed by atoms with Crippen molar-refractivity contribution in [1.82, 2.24) is 9.88 Å². The van der Waals surface area contributed by atoms with E-state index in [4.69, 9.17) is 5.26 Å². The van der Waals surface area contributed by atoms with Gasteiger partial charge in [0.25, 0.3) is 5.91 Å². The Kier molecular flexibility index (Phi) is 3.34. The summed E-state index contributed by atoms with van der Waals surface area (Å²) in [6.07, 6.45) is 3.27. The lowest BCUT2D eigenvalue weighted by molar-refractivity contribution is 0.0709. The molecule has 0 atom stereocenters. The molecule has 1 aliphatic rings. The second-order valence-corrected chi connectivity index (χ2v) is 5.07. The first-order valence-corrected chi connectivity index (χ1v) is 6.82. The number of rotatable bonds is 1. The van der Waals surface area contributed by atoms with E-state index < -0.39 is 0 Å². The zero-order chi connectivity index (χ0) is 13.9. The number of carbonyl (C=O) groups excluding carboxylic acids is 1. The number of amides is 1. The summed E-state index contributed by atoms with van der Waals surface area (Å²) in [6, 6.07) is 11.7. The molecule has 1 aromatic heterocycles. The van der Waals surface area contributed by atoms with Crippen LogP contribution in [0, 0.1) is 17.2 Å². The van der Waals surface area contributed by atoms with Crippen molar-refractivity contribution in [3.8, 4) is 6.07 Å². The van der Waals surface area contributed by atoms with Crippen molar-refractivity contribution in [2.24, 2.45) is 5.92 Å². The van der Waals surface area contributed by atoms with Crippen LogP contribution in [0.15, 0.2) is 36.5 Å². The lowest BCUT2D eigenvalue weighted by atomic mass is 9.97. The number of hydrogen-bond donors (Lipinski definition) is 0. The van der Waals surface area contributed by atoms with Gasteiger partial charge in [-0.15, -0.1) is 0 Å². The molecule has 4 heteroatoms. The van der Waals surface area contributed by atoms with E-state index >= 15 is 0 Å². The van der Waals surface area contributed by atoms with Gasteiger partial charge in [0.1, 0.15) is 0 Å². The van der Waals surface area contributed by atoms with E-state index in [1.807, 2.05) is 35.2 Å². The number of likely N-dealkylation sites (tertiary alicyclic amines) is 1. The predicted octanol–water partition coefficient (Wildman–Crippen LogP) is 2.61. The standard InChI is InChI=1S/C16H15N3O/c17-11-12-6-9-19(10-7-12)16(20)14-3-1-5-15-13(14)4-2-8-18-15/h1-5,8,12H,6-7,9-10H2. The number of nitrogens with zero attached hydrogens (tertiary/aromatic N) is 3. The number of carbonyl (C=O) groups is 1. The van der Waals surface area contributed by atoms with Crippen molar-refractivity contribution in [2.75, 3.05) is 13.1 Å². The number of benzene rings is 1. The molecule has 100 valence electrons. The monoisotopic (exact) mass is 265 g/mol. The number of pyridine rings is 1. The van der Waals surface area contributed by atoms with Crippen LogP contribution in [0.3, 0.4) is 0 Å². The summed E-state index contributed by atoms with van der Waals surface area (Å²) < 4.78 is 0. The molecule has 0 spiro atoms. The van der Waals surface area contributed by atoms with Crippen LogP contribution >= 0.6 is 0 Å². The minimum Gasteiger partial charge on any atom is -0.339 e. The van der Waals surface area contributed by atoms with Crippen molar-refractivity contribution >= 4 is 16.8 Å². The summed E-state index contributed by atoms with van der Waals surface area (Å²) in [5.74, 6) is 0.133. The summed E-state index contributed by atoms with van der Waals surface area (Å²) in [5, 5.41) is 9.80. The lowest BCUT2D eigenvalue weighted by Crippen LogP contribution is -2.38. The summed E-state index contributed by atoms with van der Waals surface area (Å²) in [5.41, 5.74) is 1.54. The largest absolute Gasteiger partial charge is 0.339 e. The third-order valence-electron chi connectivity index (χ3n) is 3.84. The van der Waals surface area contributed by atoms with Gasteiger partial charge in [0.15, 0.2) is 0 Å². The Balaban J connectivity index is 1.88. The lowest BCUT2D eigenvalue weighted by Gasteiger charge is -2.29. The predicted molar refractivity (Wildman–Crippen MR) is 76.0 cm³/mol. The normalized spacial score (nSPS) is 16.1. The molecule has 0 radical (unpaired) electrons. The summed E-state index contributed by atoms with van der Waals surface area (Å²) in [6.45, 7) is 1.32. The molecule has 0 unspecified atom stereocenters. The Morgan fingerprint density at radius 1 is 1.25 bits per heavy atom. The first kappa shape index (κ1) is 12.6. The van der Waals surface area contributed by atoms with Gasteiger partial charge in [-0.1, -0.05) is 12.1 Å². The molecule has 4 nitrogen and oxygen atoms in total. The average Bonchev–Trinajstić information content (AvgIpc) is 2.54. The molecule has 1 amide bonds. The second-order valence-electron chi connectivity index (χ2n) is 5.07. The van der Waals surface area contributed by atoms with Crippen molar-refractivity contribution in [1.29, 1.82) is 5.26 Å². The third-order valence-corrected chi connectivity index (χ3v) is 3.84. The van der Waals surface area contributed by atoms with E-state index in [1.165, 1.54) is 0 Å². The van der Waals surface area contributed by atoms with Gasteiger partial charge in [-0.05, 0) is 31.0 Å². The molecular formula is C16H15N3O. The average molecular weight is 265 g/mol. The quantitative estimate of drug-likeness (QED) is 0.796. The molecule has 0 N–H and O–H groups in total. The zero-order valence-corrected chi connectivity index (χ0v) is 11.1. The van der Waals surface area contributed by atoms with Crippen molar-refractivity contribution < 1.29 is 4.79 Å². The highest BCUT2D eigenvalue weighted by molar-refractivity contribution is 6.06. The molecule has 0 saturated carbocycles. The maximum atomic E-state index is 12.6. The summed E-state index contributed by atoms with van der Waals surface area (Å²) in [4.78, 5) is 18.7. The van der Waals surface area contributed by atoms with Gasteiger partial charge in [0, 0.05) is 36.2 Å². The Hall–Kier alpha value is -2.41. The van der Waals surface area contributed by atoms with Crippen LogP contribution < -0.4 is 0 Å². The molecule has 0 aliphatic carbocycles. The van der Waals surface area contributed by atoms with Gasteiger partial charge in [-0.25, -0.2) is 0 Å². The van der Waals surface area contributed by atoms with E-state index in [9.17, 15) is 4.79 Å². The third kappa shape index (κ3) is 2.23. The number of nitriles is 1. The Bertz CT molecular complexity index is 676. The topological polar surface area (TPSA) is 57.0 Å². The van der Waals surface area contributed by atoms with Gasteiger partial charge < -0.3 is 4.90 Å². The van der Waals surface area contributed by atoms with Crippen LogP contribution in [0.25, 0.3) is 10.9 Å². The first-order chi connectivity index (χ1) is 9.79. The number of aromatic nitrogens is 1. The number of hydrogen-bond acceptors (Lipinski definition) is 3. The van der Waals surface area contributed by atoms with E-state index in [1.54, 1.807) is 6.20 Å². The van der Waals surface area contributed by atoms with Gasteiger partial charge >= 0.3 is 0 Å². The second kappa shape index (κ2) is 5.30. The molecule has 2 heterocycles. The molecule has 0 bridgehead atoms. The smallest absolute Gasteiger partial charge is 0.254 e. The molecule has 2 aromatic rings. The Labute approximate surface area is 117 Å². The highest BCUT2D eigenvalue weighted by atomic mass is 16.2. The maximum Gasteiger partial charge on any atom is 0.254 e. The van der Waals surface area contributed by atoms with Crippen LogP contribution in [0.4, 0.5) is 0 Å². The van der Waals surface area contributed by atoms with Crippen LogP contribution in [0.2, 0.25) is 0 Å². The molecular weight excluding hydrogens is 250 g/mol. The Morgan fingerprint density at radius 2 is 2.05 bits per heavy atom. The summed E-state index contributed by atoms with van der Waals surface area (Å²) in [7, 11) is 0. The van der Waals surface area contributed by atoms with Crippen LogP contribution in [-0.4, -0.2) is 28.9 Å². The fourth-order valence-corrected chi connectivity index (χ4v) is 2.67. The van der Waals surface area contributed by atoms with Gasteiger partial charge in [0.2, 0.25) is 0 Å². The first-order valence-electron chi connectivity index (χ1n) is 6.82. The minimum absolute atomic E-state index is 0.0417. The molecule has 1 aromatic carbocycles.